The fourth-order valence-corrected chi connectivity index (χ4v) is 2.37. The van der Waals surface area contributed by atoms with Crippen molar-refractivity contribution in [3.05, 3.63) is 28.0 Å². The van der Waals surface area contributed by atoms with Crippen LogP contribution in [0.1, 0.15) is 17.8 Å². The molecule has 0 spiro atoms. The number of fused-ring (bicyclic) bond motifs is 1. The van der Waals surface area contributed by atoms with Crippen LogP contribution < -0.4 is 0 Å². The number of rotatable bonds is 4. The first-order valence-electron chi connectivity index (χ1n) is 5.34. The van der Waals surface area contributed by atoms with Crippen LogP contribution in [-0.4, -0.2) is 23.7 Å². The fourth-order valence-electron chi connectivity index (χ4n) is 1.80. The number of hydrogen-bond acceptors (Lipinski definition) is 2. The number of halogens is 1. The van der Waals surface area contributed by atoms with E-state index < -0.39 is 0 Å². The zero-order valence-electron chi connectivity index (χ0n) is 9.51. The standard InChI is InChI=1S/C12H15BrN2O/c1-8-6-9(13)7-10-12(8)15-11(14-10)4-3-5-16-2/h6-7H,3-5H2,1-2H3,(H,14,15). The quantitative estimate of drug-likeness (QED) is 0.875. The van der Waals surface area contributed by atoms with E-state index in [1.807, 2.05) is 0 Å². The molecule has 86 valence electrons. The van der Waals surface area contributed by atoms with Crippen LogP contribution in [0.3, 0.4) is 0 Å². The molecule has 0 amide bonds. The molecule has 1 N–H and O–H groups in total. The zero-order valence-corrected chi connectivity index (χ0v) is 11.1. The van der Waals surface area contributed by atoms with Crippen molar-refractivity contribution in [3.63, 3.8) is 0 Å². The summed E-state index contributed by atoms with van der Waals surface area (Å²) >= 11 is 3.49. The first-order valence-corrected chi connectivity index (χ1v) is 6.13. The van der Waals surface area contributed by atoms with Gasteiger partial charge in [-0.25, -0.2) is 4.98 Å². The van der Waals surface area contributed by atoms with Gasteiger partial charge in [-0.1, -0.05) is 15.9 Å². The molecule has 0 aliphatic rings. The maximum atomic E-state index is 5.03. The molecule has 0 aliphatic carbocycles. The number of methoxy groups -OCH3 is 1. The molecule has 0 unspecified atom stereocenters. The third kappa shape index (κ3) is 2.44. The summed E-state index contributed by atoms with van der Waals surface area (Å²) in [5.74, 6) is 1.04. The number of hydrogen-bond donors (Lipinski definition) is 1. The molecule has 0 saturated heterocycles. The molecule has 3 nitrogen and oxygen atoms in total. The Morgan fingerprint density at radius 2 is 2.25 bits per heavy atom. The minimum absolute atomic E-state index is 0.778. The third-order valence-corrected chi connectivity index (χ3v) is 3.01. The Bertz CT molecular complexity index is 493. The van der Waals surface area contributed by atoms with Gasteiger partial charge in [-0.05, 0) is 31.0 Å². The average Bonchev–Trinajstić information content (AvgIpc) is 2.61. The molecule has 1 heterocycles. The van der Waals surface area contributed by atoms with E-state index in [2.05, 4.69) is 45.0 Å². The van der Waals surface area contributed by atoms with E-state index in [0.29, 0.717) is 0 Å². The summed E-state index contributed by atoms with van der Waals surface area (Å²) in [5.41, 5.74) is 3.36. The van der Waals surface area contributed by atoms with Crippen LogP contribution in [0.5, 0.6) is 0 Å². The van der Waals surface area contributed by atoms with Gasteiger partial charge in [0.25, 0.3) is 0 Å². The largest absolute Gasteiger partial charge is 0.385 e. The smallest absolute Gasteiger partial charge is 0.107 e. The van der Waals surface area contributed by atoms with E-state index in [-0.39, 0.29) is 0 Å². The van der Waals surface area contributed by atoms with E-state index in [9.17, 15) is 0 Å². The molecule has 1 aromatic heterocycles. The number of H-pyrrole nitrogens is 1. The van der Waals surface area contributed by atoms with Crippen LogP contribution in [-0.2, 0) is 11.2 Å². The average molecular weight is 283 g/mol. The molecule has 0 atom stereocenters. The maximum Gasteiger partial charge on any atom is 0.107 e. The van der Waals surface area contributed by atoms with Crippen molar-refractivity contribution in [3.8, 4) is 0 Å². The summed E-state index contributed by atoms with van der Waals surface area (Å²) < 4.78 is 6.12. The molecule has 0 saturated carbocycles. The zero-order chi connectivity index (χ0) is 11.5. The van der Waals surface area contributed by atoms with E-state index >= 15 is 0 Å². The lowest BCUT2D eigenvalue weighted by atomic mass is 10.2. The lowest BCUT2D eigenvalue weighted by Crippen LogP contribution is -1.93. The van der Waals surface area contributed by atoms with Crippen LogP contribution >= 0.6 is 15.9 Å². The molecule has 0 fully saturated rings. The second kappa shape index (κ2) is 4.97. The number of aromatic nitrogens is 2. The van der Waals surface area contributed by atoms with Gasteiger partial charge in [0.15, 0.2) is 0 Å². The Morgan fingerprint density at radius 1 is 1.44 bits per heavy atom. The summed E-state index contributed by atoms with van der Waals surface area (Å²) in [4.78, 5) is 7.93. The van der Waals surface area contributed by atoms with Gasteiger partial charge in [-0.15, -0.1) is 0 Å². The molecule has 0 aliphatic heterocycles. The highest BCUT2D eigenvalue weighted by Crippen LogP contribution is 2.22. The lowest BCUT2D eigenvalue weighted by molar-refractivity contribution is 0.194. The number of benzene rings is 1. The number of nitrogens with one attached hydrogen (secondary N) is 1. The molecular formula is C12H15BrN2O. The molecule has 0 radical (unpaired) electrons. The van der Waals surface area contributed by atoms with Gasteiger partial charge in [0, 0.05) is 24.6 Å². The number of nitrogens with zero attached hydrogens (tertiary/aromatic N) is 1. The first-order chi connectivity index (χ1) is 7.70. The van der Waals surface area contributed by atoms with Crippen LogP contribution in [0.4, 0.5) is 0 Å². The Balaban J connectivity index is 2.26. The van der Waals surface area contributed by atoms with E-state index in [4.69, 9.17) is 4.74 Å². The number of ether oxygens (including phenoxy) is 1. The van der Waals surface area contributed by atoms with Gasteiger partial charge in [-0.2, -0.15) is 0 Å². The van der Waals surface area contributed by atoms with Gasteiger partial charge in [0.05, 0.1) is 11.0 Å². The van der Waals surface area contributed by atoms with Crippen molar-refractivity contribution >= 4 is 27.0 Å². The molecule has 2 rings (SSSR count). The summed E-state index contributed by atoms with van der Waals surface area (Å²) in [7, 11) is 1.72. The van der Waals surface area contributed by atoms with Crippen molar-refractivity contribution < 1.29 is 4.74 Å². The van der Waals surface area contributed by atoms with E-state index in [1.54, 1.807) is 7.11 Å². The maximum absolute atomic E-state index is 5.03. The van der Waals surface area contributed by atoms with E-state index in [0.717, 1.165) is 40.8 Å². The van der Waals surface area contributed by atoms with Crippen LogP contribution in [0.25, 0.3) is 11.0 Å². The van der Waals surface area contributed by atoms with Crippen molar-refractivity contribution in [2.24, 2.45) is 0 Å². The second-order valence-corrected chi connectivity index (χ2v) is 4.81. The normalized spacial score (nSPS) is 11.2. The van der Waals surface area contributed by atoms with Gasteiger partial charge in [0.2, 0.25) is 0 Å². The Hall–Kier alpha value is -0.870. The predicted octanol–water partition coefficient (Wildman–Crippen LogP) is 3.21. The molecule has 1 aromatic carbocycles. The number of imidazole rings is 1. The van der Waals surface area contributed by atoms with Gasteiger partial charge < -0.3 is 9.72 Å². The van der Waals surface area contributed by atoms with Gasteiger partial charge >= 0.3 is 0 Å². The summed E-state index contributed by atoms with van der Waals surface area (Å²) in [5, 5.41) is 0. The fraction of sp³-hybridized carbons (Fsp3) is 0.417. The highest BCUT2D eigenvalue weighted by atomic mass is 79.9. The van der Waals surface area contributed by atoms with Crippen molar-refractivity contribution in [1.82, 2.24) is 9.97 Å². The molecule has 4 heteroatoms. The summed E-state index contributed by atoms with van der Waals surface area (Å²) in [6.07, 6.45) is 1.93. The first kappa shape index (κ1) is 11.6. The second-order valence-electron chi connectivity index (χ2n) is 3.90. The molecular weight excluding hydrogens is 268 g/mol. The van der Waals surface area contributed by atoms with Crippen LogP contribution in [0.15, 0.2) is 16.6 Å². The highest BCUT2D eigenvalue weighted by molar-refractivity contribution is 9.10. The lowest BCUT2D eigenvalue weighted by Gasteiger charge is -1.95. The monoisotopic (exact) mass is 282 g/mol. The van der Waals surface area contributed by atoms with Gasteiger partial charge in [0.1, 0.15) is 5.82 Å². The van der Waals surface area contributed by atoms with Gasteiger partial charge in [-0.3, -0.25) is 0 Å². The van der Waals surface area contributed by atoms with Crippen LogP contribution in [0, 0.1) is 6.92 Å². The third-order valence-electron chi connectivity index (χ3n) is 2.55. The summed E-state index contributed by atoms with van der Waals surface area (Å²) in [6.45, 7) is 2.85. The highest BCUT2D eigenvalue weighted by Gasteiger charge is 2.06. The number of aryl methyl sites for hydroxylation is 2. The number of aromatic amines is 1. The minimum atomic E-state index is 0.778. The Kier molecular flexibility index (Phi) is 3.61. The topological polar surface area (TPSA) is 37.9 Å². The van der Waals surface area contributed by atoms with Crippen molar-refractivity contribution in [2.45, 2.75) is 19.8 Å². The Labute approximate surface area is 103 Å². The SMILES string of the molecule is COCCCc1nc2c(C)cc(Br)cc2[nH]1. The van der Waals surface area contributed by atoms with Crippen LogP contribution in [0.2, 0.25) is 0 Å². The van der Waals surface area contributed by atoms with Crippen molar-refractivity contribution in [1.29, 1.82) is 0 Å². The Morgan fingerprint density at radius 3 is 3.00 bits per heavy atom. The molecule has 0 bridgehead atoms. The molecule has 16 heavy (non-hydrogen) atoms. The van der Waals surface area contributed by atoms with E-state index in [1.165, 1.54) is 5.56 Å². The van der Waals surface area contributed by atoms with Crippen molar-refractivity contribution in [2.75, 3.05) is 13.7 Å². The minimum Gasteiger partial charge on any atom is -0.385 e. The summed E-state index contributed by atoms with van der Waals surface area (Å²) in [6, 6.07) is 4.15. The molecule has 2 aromatic rings. The predicted molar refractivity (Wildman–Crippen MR) is 68.7 cm³/mol.